The minimum absolute atomic E-state index is 0.253. The SMILES string of the molecule is Cc1ccc2nc(C(C)NC(=O)c3cnc(-c4cccnc4)nc3)[nH]c2c1. The minimum atomic E-state index is -0.275. The number of H-pyrrole nitrogens is 1. The van der Waals surface area contributed by atoms with Crippen molar-refractivity contribution in [1.82, 2.24) is 30.2 Å². The molecule has 4 aromatic rings. The molecule has 134 valence electrons. The van der Waals surface area contributed by atoms with Crippen molar-refractivity contribution in [3.63, 3.8) is 0 Å². The molecule has 3 heterocycles. The van der Waals surface area contributed by atoms with Gasteiger partial charge in [-0.05, 0) is 43.7 Å². The van der Waals surface area contributed by atoms with Gasteiger partial charge in [0.2, 0.25) is 0 Å². The molecule has 1 amide bonds. The second-order valence-electron chi connectivity index (χ2n) is 6.37. The van der Waals surface area contributed by atoms with Gasteiger partial charge in [0.15, 0.2) is 5.82 Å². The maximum Gasteiger partial charge on any atom is 0.254 e. The number of aryl methyl sites for hydroxylation is 1. The number of pyridine rings is 1. The molecule has 0 saturated heterocycles. The molecule has 0 saturated carbocycles. The Morgan fingerprint density at radius 1 is 1.15 bits per heavy atom. The number of hydrogen-bond acceptors (Lipinski definition) is 5. The van der Waals surface area contributed by atoms with Crippen LogP contribution in [0.2, 0.25) is 0 Å². The molecule has 3 aromatic heterocycles. The van der Waals surface area contributed by atoms with E-state index in [2.05, 4.69) is 30.2 Å². The Morgan fingerprint density at radius 2 is 1.96 bits per heavy atom. The first kappa shape index (κ1) is 16.8. The highest BCUT2D eigenvalue weighted by atomic mass is 16.1. The zero-order chi connectivity index (χ0) is 18.8. The molecule has 0 aliphatic carbocycles. The van der Waals surface area contributed by atoms with Gasteiger partial charge >= 0.3 is 0 Å². The van der Waals surface area contributed by atoms with E-state index in [0.717, 1.165) is 22.2 Å². The number of nitrogens with zero attached hydrogens (tertiary/aromatic N) is 4. The topological polar surface area (TPSA) is 96.5 Å². The summed E-state index contributed by atoms with van der Waals surface area (Å²) >= 11 is 0. The Labute approximate surface area is 155 Å². The highest BCUT2D eigenvalue weighted by Gasteiger charge is 2.16. The number of imidazole rings is 1. The zero-order valence-corrected chi connectivity index (χ0v) is 15.0. The highest BCUT2D eigenvalue weighted by Crippen LogP contribution is 2.18. The lowest BCUT2D eigenvalue weighted by Gasteiger charge is -2.11. The van der Waals surface area contributed by atoms with Gasteiger partial charge < -0.3 is 10.3 Å². The molecule has 0 bridgehead atoms. The van der Waals surface area contributed by atoms with E-state index in [0.29, 0.717) is 17.2 Å². The maximum atomic E-state index is 12.5. The molecular formula is C20H18N6O. The number of aromatic nitrogens is 5. The summed E-state index contributed by atoms with van der Waals surface area (Å²) in [6, 6.07) is 9.42. The van der Waals surface area contributed by atoms with Gasteiger partial charge in [-0.25, -0.2) is 15.0 Å². The fourth-order valence-electron chi connectivity index (χ4n) is 2.79. The summed E-state index contributed by atoms with van der Waals surface area (Å²) in [5.74, 6) is 0.981. The van der Waals surface area contributed by atoms with Crippen LogP contribution in [0.25, 0.3) is 22.4 Å². The molecule has 0 aliphatic heterocycles. The van der Waals surface area contributed by atoms with Gasteiger partial charge in [-0.2, -0.15) is 0 Å². The predicted octanol–water partition coefficient (Wildman–Crippen LogP) is 3.21. The van der Waals surface area contributed by atoms with Crippen molar-refractivity contribution < 1.29 is 4.79 Å². The first-order chi connectivity index (χ1) is 13.1. The van der Waals surface area contributed by atoms with Gasteiger partial charge in [-0.3, -0.25) is 9.78 Å². The van der Waals surface area contributed by atoms with Gasteiger partial charge in [-0.15, -0.1) is 0 Å². The number of rotatable bonds is 4. The quantitative estimate of drug-likeness (QED) is 0.584. The van der Waals surface area contributed by atoms with Crippen LogP contribution in [-0.2, 0) is 0 Å². The van der Waals surface area contributed by atoms with Gasteiger partial charge in [0.25, 0.3) is 5.91 Å². The number of benzene rings is 1. The van der Waals surface area contributed by atoms with Crippen LogP contribution in [0.4, 0.5) is 0 Å². The Balaban J connectivity index is 1.49. The second kappa shape index (κ2) is 6.95. The third kappa shape index (κ3) is 3.52. The van der Waals surface area contributed by atoms with E-state index in [1.807, 2.05) is 44.2 Å². The maximum absolute atomic E-state index is 12.5. The Kier molecular flexibility index (Phi) is 4.33. The molecular weight excluding hydrogens is 340 g/mol. The van der Waals surface area contributed by atoms with E-state index in [4.69, 9.17) is 0 Å². The summed E-state index contributed by atoms with van der Waals surface area (Å²) in [6.45, 7) is 3.91. The molecule has 0 aliphatic rings. The number of hydrogen-bond donors (Lipinski definition) is 2. The first-order valence-electron chi connectivity index (χ1n) is 8.60. The van der Waals surface area contributed by atoms with E-state index < -0.39 is 0 Å². The lowest BCUT2D eigenvalue weighted by Crippen LogP contribution is -2.27. The molecule has 0 radical (unpaired) electrons. The average molecular weight is 358 g/mol. The van der Waals surface area contributed by atoms with E-state index in [1.54, 1.807) is 12.4 Å². The lowest BCUT2D eigenvalue weighted by molar-refractivity contribution is 0.0937. The lowest BCUT2D eigenvalue weighted by atomic mass is 10.2. The van der Waals surface area contributed by atoms with Crippen molar-refractivity contribution in [3.8, 4) is 11.4 Å². The monoisotopic (exact) mass is 358 g/mol. The minimum Gasteiger partial charge on any atom is -0.342 e. The van der Waals surface area contributed by atoms with Crippen molar-refractivity contribution in [3.05, 3.63) is 72.1 Å². The Bertz CT molecular complexity index is 1090. The standard InChI is InChI=1S/C20H18N6O/c1-12-5-6-16-17(8-12)26-18(25-16)13(2)24-20(27)15-10-22-19(23-11-15)14-4-3-7-21-9-14/h3-11,13H,1-2H3,(H,24,27)(H,25,26). The van der Waals surface area contributed by atoms with Gasteiger partial charge in [0.1, 0.15) is 5.82 Å². The van der Waals surface area contributed by atoms with Crippen LogP contribution in [0.15, 0.2) is 55.1 Å². The summed E-state index contributed by atoms with van der Waals surface area (Å²) in [5, 5.41) is 2.92. The molecule has 27 heavy (non-hydrogen) atoms. The highest BCUT2D eigenvalue weighted by molar-refractivity contribution is 5.94. The van der Waals surface area contributed by atoms with Crippen LogP contribution in [0, 0.1) is 6.92 Å². The summed E-state index contributed by atoms with van der Waals surface area (Å²) in [4.78, 5) is 32.9. The number of amides is 1. The van der Waals surface area contributed by atoms with E-state index >= 15 is 0 Å². The normalized spacial score (nSPS) is 12.1. The number of fused-ring (bicyclic) bond motifs is 1. The molecule has 1 aromatic carbocycles. The van der Waals surface area contributed by atoms with E-state index in [-0.39, 0.29) is 11.9 Å². The zero-order valence-electron chi connectivity index (χ0n) is 15.0. The van der Waals surface area contributed by atoms with Crippen molar-refractivity contribution in [2.24, 2.45) is 0 Å². The molecule has 7 heteroatoms. The van der Waals surface area contributed by atoms with Crippen molar-refractivity contribution >= 4 is 16.9 Å². The first-order valence-corrected chi connectivity index (χ1v) is 8.60. The second-order valence-corrected chi connectivity index (χ2v) is 6.37. The van der Waals surface area contributed by atoms with Gasteiger partial charge in [-0.1, -0.05) is 6.07 Å². The van der Waals surface area contributed by atoms with Gasteiger partial charge in [0.05, 0.1) is 22.6 Å². The van der Waals surface area contributed by atoms with Crippen LogP contribution in [0.3, 0.4) is 0 Å². The van der Waals surface area contributed by atoms with Crippen LogP contribution in [0.1, 0.15) is 34.7 Å². The Morgan fingerprint density at radius 3 is 2.70 bits per heavy atom. The molecule has 0 spiro atoms. The van der Waals surface area contributed by atoms with Crippen molar-refractivity contribution in [2.45, 2.75) is 19.9 Å². The predicted molar refractivity (Wildman–Crippen MR) is 102 cm³/mol. The molecule has 1 unspecified atom stereocenters. The Hall–Kier alpha value is -3.61. The van der Waals surface area contributed by atoms with Crippen LogP contribution in [0.5, 0.6) is 0 Å². The van der Waals surface area contributed by atoms with Crippen molar-refractivity contribution in [2.75, 3.05) is 0 Å². The summed E-state index contributed by atoms with van der Waals surface area (Å²) in [5.41, 5.74) is 4.17. The van der Waals surface area contributed by atoms with Crippen LogP contribution in [-0.4, -0.2) is 30.8 Å². The van der Waals surface area contributed by atoms with Gasteiger partial charge in [0, 0.05) is 30.4 Å². The molecule has 4 rings (SSSR count). The van der Waals surface area contributed by atoms with E-state index in [9.17, 15) is 4.79 Å². The number of nitrogens with one attached hydrogen (secondary N) is 2. The third-order valence-corrected chi connectivity index (χ3v) is 4.25. The molecule has 2 N–H and O–H groups in total. The smallest absolute Gasteiger partial charge is 0.254 e. The van der Waals surface area contributed by atoms with Crippen molar-refractivity contribution in [1.29, 1.82) is 0 Å². The van der Waals surface area contributed by atoms with E-state index in [1.165, 1.54) is 12.4 Å². The summed E-state index contributed by atoms with van der Waals surface area (Å²) in [7, 11) is 0. The molecule has 0 fully saturated rings. The molecule has 1 atom stereocenters. The number of aromatic amines is 1. The third-order valence-electron chi connectivity index (χ3n) is 4.25. The summed E-state index contributed by atoms with van der Waals surface area (Å²) in [6.07, 6.45) is 6.39. The fraction of sp³-hybridized carbons (Fsp3) is 0.150. The molecule has 7 nitrogen and oxygen atoms in total. The fourth-order valence-corrected chi connectivity index (χ4v) is 2.79. The van der Waals surface area contributed by atoms with Crippen LogP contribution < -0.4 is 5.32 Å². The number of carbonyl (C=O) groups is 1. The number of carbonyl (C=O) groups excluding carboxylic acids is 1. The average Bonchev–Trinajstić information content (AvgIpc) is 3.12. The summed E-state index contributed by atoms with van der Waals surface area (Å²) < 4.78 is 0. The van der Waals surface area contributed by atoms with Crippen LogP contribution >= 0.6 is 0 Å². The largest absolute Gasteiger partial charge is 0.342 e.